The Morgan fingerprint density at radius 2 is 1.76 bits per heavy atom. The van der Waals surface area contributed by atoms with Crippen molar-refractivity contribution in [2.75, 3.05) is 35.3 Å². The Balaban J connectivity index is 1.11. The Bertz CT molecular complexity index is 1480. The third kappa shape index (κ3) is 3.18. The van der Waals surface area contributed by atoms with E-state index in [1.54, 1.807) is 11.1 Å². The first kappa shape index (κ1) is 22.2. The molecule has 3 aliphatic heterocycles. The van der Waals surface area contributed by atoms with Gasteiger partial charge in [0.2, 0.25) is 17.7 Å². The highest BCUT2D eigenvalue weighted by Gasteiger charge is 2.52. The molecule has 8 nitrogen and oxygen atoms in total. The number of aromatic nitrogens is 1. The van der Waals surface area contributed by atoms with Gasteiger partial charge in [-0.3, -0.25) is 14.4 Å². The van der Waals surface area contributed by atoms with Crippen LogP contribution in [0.15, 0.2) is 60.8 Å². The van der Waals surface area contributed by atoms with E-state index in [2.05, 4.69) is 15.6 Å². The van der Waals surface area contributed by atoms with Gasteiger partial charge in [0, 0.05) is 36.3 Å². The topological polar surface area (TPSA) is 101 Å². The van der Waals surface area contributed by atoms with Crippen molar-refractivity contribution in [3.63, 3.8) is 0 Å². The van der Waals surface area contributed by atoms with E-state index in [9.17, 15) is 14.4 Å². The molecule has 1 saturated heterocycles. The number of rotatable bonds is 3. The van der Waals surface area contributed by atoms with Crippen molar-refractivity contribution in [3.8, 4) is 0 Å². The number of amides is 3. The lowest BCUT2D eigenvalue weighted by Gasteiger charge is -2.32. The number of hydrogen-bond acceptors (Lipinski definition) is 5. The van der Waals surface area contributed by atoms with Crippen LogP contribution in [0.1, 0.15) is 35.1 Å². The van der Waals surface area contributed by atoms with Crippen LogP contribution in [0.4, 0.5) is 17.2 Å². The maximum absolute atomic E-state index is 13.6. The van der Waals surface area contributed by atoms with E-state index in [4.69, 9.17) is 4.74 Å². The molecule has 1 aliphatic carbocycles. The van der Waals surface area contributed by atoms with Gasteiger partial charge in [-0.2, -0.15) is 0 Å². The van der Waals surface area contributed by atoms with Crippen LogP contribution >= 0.6 is 0 Å². The number of pyridine rings is 1. The van der Waals surface area contributed by atoms with Crippen LogP contribution in [0.3, 0.4) is 0 Å². The van der Waals surface area contributed by atoms with Gasteiger partial charge in [0.05, 0.1) is 10.8 Å². The minimum atomic E-state index is -0.654. The standard InChI is InChI=1S/C29H26N4O4/c34-24(17-33-23-6-2-1-4-21(23)28(27(33)36)9-12-37-13-10-28)31-20-8-7-18-15-29(16-19(18)14-20)22-5-3-11-30-25(22)32-26(29)35/h1-8,11,14H,9-10,12-13,15-17H2,(H,31,34)(H,30,32,35)/t29-/m0/s1. The summed E-state index contributed by atoms with van der Waals surface area (Å²) in [5.74, 6) is 0.318. The second kappa shape index (κ2) is 7.98. The molecule has 1 fully saturated rings. The van der Waals surface area contributed by atoms with Gasteiger partial charge in [0.25, 0.3) is 0 Å². The monoisotopic (exact) mass is 494 g/mol. The molecule has 4 heterocycles. The van der Waals surface area contributed by atoms with Crippen molar-refractivity contribution in [2.45, 2.75) is 36.5 Å². The van der Waals surface area contributed by atoms with Gasteiger partial charge in [-0.25, -0.2) is 4.98 Å². The van der Waals surface area contributed by atoms with Crippen LogP contribution in [0, 0.1) is 0 Å². The fraction of sp³-hybridized carbons (Fsp3) is 0.310. The zero-order chi connectivity index (χ0) is 25.2. The Kier molecular flexibility index (Phi) is 4.78. The molecular formula is C29H26N4O4. The molecule has 3 amide bonds. The van der Waals surface area contributed by atoms with Gasteiger partial charge in [0.15, 0.2) is 0 Å². The van der Waals surface area contributed by atoms with Crippen LogP contribution in [-0.2, 0) is 42.8 Å². The van der Waals surface area contributed by atoms with Crippen LogP contribution < -0.4 is 15.5 Å². The van der Waals surface area contributed by atoms with Crippen LogP contribution in [0.5, 0.6) is 0 Å². The fourth-order valence-corrected chi connectivity index (χ4v) is 6.65. The summed E-state index contributed by atoms with van der Waals surface area (Å²) in [6, 6.07) is 17.4. The number of carbonyl (C=O) groups is 3. The van der Waals surface area contributed by atoms with Crippen molar-refractivity contribution in [3.05, 3.63) is 83.0 Å². The van der Waals surface area contributed by atoms with E-state index in [0.29, 0.717) is 50.4 Å². The average molecular weight is 495 g/mol. The molecule has 0 radical (unpaired) electrons. The van der Waals surface area contributed by atoms with E-state index in [0.717, 1.165) is 27.9 Å². The zero-order valence-electron chi connectivity index (χ0n) is 20.3. The summed E-state index contributed by atoms with van der Waals surface area (Å²) >= 11 is 0. The van der Waals surface area contributed by atoms with E-state index < -0.39 is 10.8 Å². The van der Waals surface area contributed by atoms with Gasteiger partial charge in [-0.05, 0) is 66.6 Å². The molecule has 0 bridgehead atoms. The molecule has 2 aromatic carbocycles. The van der Waals surface area contributed by atoms with E-state index >= 15 is 0 Å². The SMILES string of the molecule is O=C(CN1C(=O)C2(CCOCC2)c2ccccc21)Nc1ccc2c(c1)C[C@]1(C2)C(=O)Nc2ncccc21. The summed E-state index contributed by atoms with van der Waals surface area (Å²) < 4.78 is 5.53. The first-order valence-electron chi connectivity index (χ1n) is 12.7. The average Bonchev–Trinajstić information content (AvgIpc) is 3.50. The molecule has 0 unspecified atom stereocenters. The third-order valence-electron chi connectivity index (χ3n) is 8.48. The lowest BCUT2D eigenvalue weighted by Crippen LogP contribution is -2.46. The number of benzene rings is 2. The molecule has 4 aliphatic rings. The van der Waals surface area contributed by atoms with Crippen molar-refractivity contribution in [2.24, 2.45) is 0 Å². The quantitative estimate of drug-likeness (QED) is 0.583. The normalized spacial score (nSPS) is 22.6. The first-order valence-corrected chi connectivity index (χ1v) is 12.7. The van der Waals surface area contributed by atoms with Crippen LogP contribution in [0.25, 0.3) is 0 Å². The number of carbonyl (C=O) groups excluding carboxylic acids is 3. The van der Waals surface area contributed by atoms with Crippen molar-refractivity contribution in [1.29, 1.82) is 0 Å². The van der Waals surface area contributed by atoms with Gasteiger partial charge >= 0.3 is 0 Å². The highest BCUT2D eigenvalue weighted by Crippen LogP contribution is 2.48. The lowest BCUT2D eigenvalue weighted by atomic mass is 9.75. The smallest absolute Gasteiger partial charge is 0.244 e. The largest absolute Gasteiger partial charge is 0.381 e. The Morgan fingerprint density at radius 1 is 0.973 bits per heavy atom. The molecule has 2 spiro atoms. The van der Waals surface area contributed by atoms with Gasteiger partial charge in [-0.15, -0.1) is 0 Å². The second-order valence-corrected chi connectivity index (χ2v) is 10.4. The second-order valence-electron chi connectivity index (χ2n) is 10.4. The van der Waals surface area contributed by atoms with E-state index in [1.165, 1.54) is 0 Å². The summed E-state index contributed by atoms with van der Waals surface area (Å²) in [4.78, 5) is 45.7. The highest BCUT2D eigenvalue weighted by atomic mass is 16.5. The summed E-state index contributed by atoms with van der Waals surface area (Å²) in [6.07, 6.45) is 4.09. The summed E-state index contributed by atoms with van der Waals surface area (Å²) in [7, 11) is 0. The number of ether oxygens (including phenoxy) is 1. The lowest BCUT2D eigenvalue weighted by molar-refractivity contribution is -0.128. The van der Waals surface area contributed by atoms with Crippen LogP contribution in [-0.4, -0.2) is 42.5 Å². The molecule has 3 aromatic rings. The molecule has 1 atom stereocenters. The molecular weight excluding hydrogens is 468 g/mol. The Morgan fingerprint density at radius 3 is 2.62 bits per heavy atom. The number of nitrogens with zero attached hydrogens (tertiary/aromatic N) is 2. The summed E-state index contributed by atoms with van der Waals surface area (Å²) in [6.45, 7) is 1.02. The Labute approximate surface area is 214 Å². The van der Waals surface area contributed by atoms with E-state index in [-0.39, 0.29) is 24.3 Å². The van der Waals surface area contributed by atoms with Crippen LogP contribution in [0.2, 0.25) is 0 Å². The number of anilines is 3. The van der Waals surface area contributed by atoms with Crippen molar-refractivity contribution < 1.29 is 19.1 Å². The molecule has 0 saturated carbocycles. The first-order chi connectivity index (χ1) is 18.0. The minimum Gasteiger partial charge on any atom is -0.381 e. The van der Waals surface area contributed by atoms with Gasteiger partial charge in [-0.1, -0.05) is 30.3 Å². The van der Waals surface area contributed by atoms with Crippen molar-refractivity contribution in [1.82, 2.24) is 4.98 Å². The minimum absolute atomic E-state index is 0.0254. The predicted molar refractivity (Wildman–Crippen MR) is 138 cm³/mol. The highest BCUT2D eigenvalue weighted by molar-refractivity contribution is 6.12. The third-order valence-corrected chi connectivity index (χ3v) is 8.48. The van der Waals surface area contributed by atoms with Gasteiger partial charge in [0.1, 0.15) is 12.4 Å². The molecule has 2 N–H and O–H groups in total. The molecule has 186 valence electrons. The Hall–Kier alpha value is -4.04. The fourth-order valence-electron chi connectivity index (χ4n) is 6.65. The number of fused-ring (bicyclic) bond motifs is 5. The number of para-hydroxylation sites is 1. The molecule has 37 heavy (non-hydrogen) atoms. The van der Waals surface area contributed by atoms with Gasteiger partial charge < -0.3 is 20.3 Å². The van der Waals surface area contributed by atoms with E-state index in [1.807, 2.05) is 54.6 Å². The summed E-state index contributed by atoms with van der Waals surface area (Å²) in [5.41, 5.74) is 4.25. The molecule has 7 rings (SSSR count). The predicted octanol–water partition coefficient (Wildman–Crippen LogP) is 3.10. The number of hydrogen-bond donors (Lipinski definition) is 2. The van der Waals surface area contributed by atoms with Crippen molar-refractivity contribution >= 4 is 34.9 Å². The zero-order valence-corrected chi connectivity index (χ0v) is 20.3. The maximum Gasteiger partial charge on any atom is 0.244 e. The molecule has 8 heteroatoms. The molecule has 1 aromatic heterocycles. The summed E-state index contributed by atoms with van der Waals surface area (Å²) in [5, 5.41) is 5.90. The number of nitrogens with one attached hydrogen (secondary N) is 2. The maximum atomic E-state index is 13.6.